The van der Waals surface area contributed by atoms with Crippen molar-refractivity contribution in [2.75, 3.05) is 7.11 Å². The van der Waals surface area contributed by atoms with Gasteiger partial charge in [-0.1, -0.05) is 0 Å². The molecule has 0 fully saturated rings. The summed E-state index contributed by atoms with van der Waals surface area (Å²) in [6, 6.07) is 0. The van der Waals surface area contributed by atoms with Crippen LogP contribution in [0.15, 0.2) is 9.21 Å². The van der Waals surface area contributed by atoms with Crippen LogP contribution in [0.3, 0.4) is 0 Å². The summed E-state index contributed by atoms with van der Waals surface area (Å²) in [6.45, 7) is 3.39. The summed E-state index contributed by atoms with van der Waals surface area (Å²) in [5.41, 5.74) is -0.236. The van der Waals surface area contributed by atoms with E-state index in [9.17, 15) is 4.79 Å². The Morgan fingerprint density at radius 2 is 2.50 bits per heavy atom. The van der Waals surface area contributed by atoms with Crippen LogP contribution in [0.25, 0.3) is 12.8 Å². The quantitative estimate of drug-likeness (QED) is 0.532. The minimum atomic E-state index is -0.466. The van der Waals surface area contributed by atoms with Gasteiger partial charge in [-0.2, -0.15) is 0 Å². The molecule has 1 heterocycles. The Bertz CT molecular complexity index is 359. The van der Waals surface area contributed by atoms with Gasteiger partial charge < -0.3 is 14.1 Å². The van der Waals surface area contributed by atoms with Gasteiger partial charge in [0.2, 0.25) is 0 Å². The predicted molar refractivity (Wildman–Crippen MR) is 35.6 cm³/mol. The van der Waals surface area contributed by atoms with Crippen molar-refractivity contribution in [2.45, 2.75) is 0 Å². The van der Waals surface area contributed by atoms with Gasteiger partial charge in [-0.3, -0.25) is 0 Å². The highest BCUT2D eigenvalue weighted by Gasteiger charge is 1.90. The molecule has 0 unspecified atom stereocenters. The first-order valence-electron chi connectivity index (χ1n) is 2.65. The summed E-state index contributed by atoms with van der Waals surface area (Å²) >= 11 is 0. The average molecular weight is 141 g/mol. The molecular weight excluding hydrogens is 134 g/mol. The number of H-pyrrole nitrogens is 1. The third kappa shape index (κ3) is 1.10. The Morgan fingerprint density at radius 3 is 2.90 bits per heavy atom. The highest BCUT2D eigenvalue weighted by Crippen LogP contribution is 1.58. The first-order valence-corrected chi connectivity index (χ1v) is 2.65. The standard InChI is InChI=1S/C6H7NO3/c1-4-7-5(3-9-2)6(8)10-4/h3,7H,1H2,2H3. The van der Waals surface area contributed by atoms with E-state index in [1.807, 2.05) is 0 Å². The van der Waals surface area contributed by atoms with Crippen LogP contribution >= 0.6 is 0 Å². The molecule has 0 spiro atoms. The van der Waals surface area contributed by atoms with Gasteiger partial charge in [0.1, 0.15) is 6.26 Å². The van der Waals surface area contributed by atoms with E-state index in [2.05, 4.69) is 20.7 Å². The zero-order valence-electron chi connectivity index (χ0n) is 5.51. The minimum absolute atomic E-state index is 0.230. The number of oxazole rings is 1. The van der Waals surface area contributed by atoms with Gasteiger partial charge in [-0.05, 0) is 6.58 Å². The molecule has 0 aliphatic heterocycles. The van der Waals surface area contributed by atoms with E-state index in [0.29, 0.717) is 0 Å². The molecule has 0 amide bonds. The number of nitrogens with one attached hydrogen (secondary N) is 1. The number of rotatable bonds is 1. The SMILES string of the molecule is C=c1[nH]c(=COC)c(=O)o1. The molecule has 0 saturated heterocycles. The average Bonchev–Trinajstić information content (AvgIpc) is 2.13. The third-order valence-electron chi connectivity index (χ3n) is 0.946. The molecule has 1 aromatic rings. The highest BCUT2D eigenvalue weighted by molar-refractivity contribution is 5.05. The van der Waals surface area contributed by atoms with Gasteiger partial charge in [-0.25, -0.2) is 4.79 Å². The van der Waals surface area contributed by atoms with Crippen molar-refractivity contribution in [1.29, 1.82) is 0 Å². The second-order valence-corrected chi connectivity index (χ2v) is 1.70. The second-order valence-electron chi connectivity index (χ2n) is 1.70. The molecule has 0 aliphatic rings. The van der Waals surface area contributed by atoms with Crippen molar-refractivity contribution in [2.24, 2.45) is 0 Å². The van der Waals surface area contributed by atoms with Crippen molar-refractivity contribution in [3.8, 4) is 0 Å². The Morgan fingerprint density at radius 1 is 1.80 bits per heavy atom. The Labute approximate surface area is 56.4 Å². The fourth-order valence-corrected chi connectivity index (χ4v) is 0.589. The van der Waals surface area contributed by atoms with Gasteiger partial charge in [0.25, 0.3) is 0 Å². The summed E-state index contributed by atoms with van der Waals surface area (Å²) in [6.07, 6.45) is 1.26. The zero-order valence-corrected chi connectivity index (χ0v) is 5.51. The van der Waals surface area contributed by atoms with Gasteiger partial charge >= 0.3 is 5.63 Å². The number of ether oxygens (including phenoxy) is 1. The highest BCUT2D eigenvalue weighted by atomic mass is 16.5. The minimum Gasteiger partial charge on any atom is -0.502 e. The first-order chi connectivity index (χ1) is 4.74. The molecule has 0 atom stereocenters. The Hall–Kier alpha value is -1.45. The summed E-state index contributed by atoms with van der Waals surface area (Å²) in [4.78, 5) is 13.3. The lowest BCUT2D eigenvalue weighted by molar-refractivity contribution is 0.389. The fraction of sp³-hybridized carbons (Fsp3) is 0.167. The molecule has 4 nitrogen and oxygen atoms in total. The van der Waals surface area contributed by atoms with E-state index < -0.39 is 5.63 Å². The number of hydrogen-bond acceptors (Lipinski definition) is 3. The molecule has 1 N–H and O–H groups in total. The maximum Gasteiger partial charge on any atom is 0.364 e. The molecular formula is C6H7NO3. The smallest absolute Gasteiger partial charge is 0.364 e. The van der Waals surface area contributed by atoms with Gasteiger partial charge in [0, 0.05) is 0 Å². The number of methoxy groups -OCH3 is 1. The molecule has 54 valence electrons. The van der Waals surface area contributed by atoms with E-state index in [4.69, 9.17) is 0 Å². The van der Waals surface area contributed by atoms with Crippen molar-refractivity contribution in [3.05, 3.63) is 21.3 Å². The molecule has 0 aliphatic carbocycles. The van der Waals surface area contributed by atoms with Gasteiger partial charge in [0.15, 0.2) is 10.9 Å². The van der Waals surface area contributed by atoms with Crippen molar-refractivity contribution < 1.29 is 9.15 Å². The normalized spacial score (nSPS) is 11.9. The lowest BCUT2D eigenvalue weighted by atomic mass is 10.7. The van der Waals surface area contributed by atoms with E-state index in [1.165, 1.54) is 13.4 Å². The van der Waals surface area contributed by atoms with E-state index >= 15 is 0 Å². The fourth-order valence-electron chi connectivity index (χ4n) is 0.589. The summed E-state index contributed by atoms with van der Waals surface area (Å²) in [7, 11) is 1.45. The molecule has 10 heavy (non-hydrogen) atoms. The maximum atomic E-state index is 10.7. The largest absolute Gasteiger partial charge is 0.502 e. The van der Waals surface area contributed by atoms with Crippen LogP contribution in [0.5, 0.6) is 0 Å². The molecule has 0 radical (unpaired) electrons. The van der Waals surface area contributed by atoms with Crippen LogP contribution in [-0.4, -0.2) is 12.1 Å². The van der Waals surface area contributed by atoms with E-state index in [-0.39, 0.29) is 10.9 Å². The van der Waals surface area contributed by atoms with Crippen molar-refractivity contribution in [3.63, 3.8) is 0 Å². The number of aromatic amines is 1. The van der Waals surface area contributed by atoms with Gasteiger partial charge in [-0.15, -0.1) is 0 Å². The lowest BCUT2D eigenvalue weighted by Gasteiger charge is -1.78. The Kier molecular flexibility index (Phi) is 1.62. The first kappa shape index (κ1) is 6.67. The third-order valence-corrected chi connectivity index (χ3v) is 0.946. The van der Waals surface area contributed by atoms with Crippen LogP contribution < -0.4 is 16.5 Å². The van der Waals surface area contributed by atoms with Gasteiger partial charge in [0.05, 0.1) is 7.11 Å². The maximum absolute atomic E-state index is 10.7. The van der Waals surface area contributed by atoms with Crippen LogP contribution in [0, 0.1) is 0 Å². The molecule has 0 bridgehead atoms. The van der Waals surface area contributed by atoms with Crippen molar-refractivity contribution in [1.82, 2.24) is 4.98 Å². The second kappa shape index (κ2) is 2.43. The van der Waals surface area contributed by atoms with E-state index in [1.54, 1.807) is 0 Å². The topological polar surface area (TPSA) is 55.2 Å². The number of aromatic nitrogens is 1. The molecule has 4 heteroatoms. The van der Waals surface area contributed by atoms with Crippen LogP contribution in [0.4, 0.5) is 0 Å². The monoisotopic (exact) mass is 141 g/mol. The molecule has 0 saturated carbocycles. The summed E-state index contributed by atoms with van der Waals surface area (Å²) in [5, 5.41) is 0.271. The predicted octanol–water partition coefficient (Wildman–Crippen LogP) is -1.24. The number of hydrogen-bond donors (Lipinski definition) is 1. The van der Waals surface area contributed by atoms with E-state index in [0.717, 1.165) is 0 Å². The van der Waals surface area contributed by atoms with Crippen LogP contribution in [-0.2, 0) is 4.74 Å². The molecule has 0 aromatic carbocycles. The zero-order chi connectivity index (χ0) is 7.56. The lowest BCUT2D eigenvalue weighted by Crippen LogP contribution is -2.21. The van der Waals surface area contributed by atoms with Crippen LogP contribution in [0.2, 0.25) is 0 Å². The molecule has 1 aromatic heterocycles. The summed E-state index contributed by atoms with van der Waals surface area (Å²) in [5.74, 6) is 0. The van der Waals surface area contributed by atoms with Crippen molar-refractivity contribution >= 4 is 12.8 Å². The Balaban J connectivity index is 3.43. The summed E-state index contributed by atoms with van der Waals surface area (Å²) < 4.78 is 9.11. The van der Waals surface area contributed by atoms with Crippen LogP contribution in [0.1, 0.15) is 0 Å². The molecule has 1 rings (SSSR count).